The summed E-state index contributed by atoms with van der Waals surface area (Å²) >= 11 is 0. The highest BCUT2D eigenvalue weighted by Crippen LogP contribution is 2.45. The van der Waals surface area contributed by atoms with E-state index in [9.17, 15) is 0 Å². The second-order valence-corrected chi connectivity index (χ2v) is 7.46. The highest BCUT2D eigenvalue weighted by atomic mass is 15.5. The SMILES string of the molecule is C(=C1CCCC2=C1NN(c1ccccc1)C2c1ccccc1)c1ccccc1. The van der Waals surface area contributed by atoms with Crippen LogP contribution in [0.2, 0.25) is 0 Å². The first-order valence-electron chi connectivity index (χ1n) is 10.0. The van der Waals surface area contributed by atoms with Crippen LogP contribution in [0.5, 0.6) is 0 Å². The molecule has 5 rings (SSSR count). The molecule has 1 aliphatic heterocycles. The molecule has 2 heteroatoms. The lowest BCUT2D eigenvalue weighted by atomic mass is 9.86. The van der Waals surface area contributed by atoms with Crippen LogP contribution >= 0.6 is 0 Å². The summed E-state index contributed by atoms with van der Waals surface area (Å²) in [5.74, 6) is 0. The summed E-state index contributed by atoms with van der Waals surface area (Å²) in [4.78, 5) is 0. The van der Waals surface area contributed by atoms with Crippen LogP contribution in [-0.2, 0) is 0 Å². The third-order valence-electron chi connectivity index (χ3n) is 5.65. The Hall–Kier alpha value is -3.26. The monoisotopic (exact) mass is 364 g/mol. The Morgan fingerprint density at radius 1 is 0.750 bits per heavy atom. The molecule has 0 amide bonds. The Kier molecular flexibility index (Phi) is 4.46. The fraction of sp³-hybridized carbons (Fsp3) is 0.154. The molecule has 0 spiro atoms. The average molecular weight is 364 g/mol. The van der Waals surface area contributed by atoms with Gasteiger partial charge in [-0.1, -0.05) is 78.9 Å². The number of nitrogens with one attached hydrogen (secondary N) is 1. The second kappa shape index (κ2) is 7.40. The molecule has 0 bridgehead atoms. The lowest BCUT2D eigenvalue weighted by molar-refractivity contribution is 0.679. The van der Waals surface area contributed by atoms with E-state index < -0.39 is 0 Å². The van der Waals surface area contributed by atoms with Crippen LogP contribution < -0.4 is 10.4 Å². The first-order chi connectivity index (χ1) is 13.9. The van der Waals surface area contributed by atoms with E-state index in [1.807, 2.05) is 0 Å². The third-order valence-corrected chi connectivity index (χ3v) is 5.65. The number of hydrogen-bond acceptors (Lipinski definition) is 2. The van der Waals surface area contributed by atoms with Crippen LogP contribution in [0, 0.1) is 0 Å². The summed E-state index contributed by atoms with van der Waals surface area (Å²) in [5, 5.41) is 2.34. The maximum absolute atomic E-state index is 3.77. The summed E-state index contributed by atoms with van der Waals surface area (Å²) in [5.41, 5.74) is 11.8. The molecule has 2 aliphatic rings. The van der Waals surface area contributed by atoms with Crippen LogP contribution in [0.15, 0.2) is 108 Å². The Morgan fingerprint density at radius 2 is 1.39 bits per heavy atom. The zero-order valence-corrected chi connectivity index (χ0v) is 15.9. The quantitative estimate of drug-likeness (QED) is 0.589. The van der Waals surface area contributed by atoms with Crippen molar-refractivity contribution in [2.24, 2.45) is 0 Å². The topological polar surface area (TPSA) is 15.3 Å². The average Bonchev–Trinajstić information content (AvgIpc) is 3.16. The number of benzene rings is 3. The molecule has 1 N–H and O–H groups in total. The zero-order chi connectivity index (χ0) is 18.8. The van der Waals surface area contributed by atoms with Crippen molar-refractivity contribution in [3.63, 3.8) is 0 Å². The number of hydrazine groups is 1. The lowest BCUT2D eigenvalue weighted by Gasteiger charge is -2.29. The van der Waals surface area contributed by atoms with E-state index >= 15 is 0 Å². The maximum atomic E-state index is 3.77. The predicted molar refractivity (Wildman–Crippen MR) is 117 cm³/mol. The van der Waals surface area contributed by atoms with E-state index in [0.717, 1.165) is 12.8 Å². The molecule has 0 saturated carbocycles. The van der Waals surface area contributed by atoms with Crippen molar-refractivity contribution in [2.75, 3.05) is 5.01 Å². The minimum absolute atomic E-state index is 0.234. The van der Waals surface area contributed by atoms with Gasteiger partial charge in [-0.05, 0) is 59.7 Å². The van der Waals surface area contributed by atoms with Crippen molar-refractivity contribution in [1.82, 2.24) is 5.43 Å². The normalized spacial score (nSPS) is 20.2. The Morgan fingerprint density at radius 3 is 2.11 bits per heavy atom. The predicted octanol–water partition coefficient (Wildman–Crippen LogP) is 6.27. The summed E-state index contributed by atoms with van der Waals surface area (Å²) in [6, 6.07) is 32.4. The van der Waals surface area contributed by atoms with Gasteiger partial charge in [0.1, 0.15) is 0 Å². The molecular weight excluding hydrogens is 340 g/mol. The maximum Gasteiger partial charge on any atom is 0.0987 e. The highest BCUT2D eigenvalue weighted by molar-refractivity contribution is 5.65. The Labute approximate surface area is 166 Å². The molecule has 28 heavy (non-hydrogen) atoms. The molecule has 2 nitrogen and oxygen atoms in total. The molecule has 3 aromatic carbocycles. The largest absolute Gasteiger partial charge is 0.297 e. The van der Waals surface area contributed by atoms with Gasteiger partial charge in [0.15, 0.2) is 0 Å². The van der Waals surface area contributed by atoms with Crippen molar-refractivity contribution < 1.29 is 0 Å². The molecule has 1 heterocycles. The summed E-state index contributed by atoms with van der Waals surface area (Å²) in [6.07, 6.45) is 5.80. The van der Waals surface area contributed by atoms with Gasteiger partial charge in [0.05, 0.1) is 17.4 Å². The fourth-order valence-electron chi connectivity index (χ4n) is 4.37. The van der Waals surface area contributed by atoms with Crippen molar-refractivity contribution in [2.45, 2.75) is 25.3 Å². The molecule has 0 saturated heterocycles. The first kappa shape index (κ1) is 16.9. The van der Waals surface area contributed by atoms with Gasteiger partial charge in [0.2, 0.25) is 0 Å². The van der Waals surface area contributed by atoms with Gasteiger partial charge in [-0.15, -0.1) is 0 Å². The van der Waals surface area contributed by atoms with Gasteiger partial charge in [-0.2, -0.15) is 0 Å². The molecule has 3 aromatic rings. The number of hydrogen-bond donors (Lipinski definition) is 1. The summed E-state index contributed by atoms with van der Waals surface area (Å²) < 4.78 is 0. The molecule has 138 valence electrons. The van der Waals surface area contributed by atoms with E-state index in [1.54, 1.807) is 0 Å². The summed E-state index contributed by atoms with van der Waals surface area (Å²) in [7, 11) is 0. The van der Waals surface area contributed by atoms with E-state index in [1.165, 1.54) is 40.1 Å². The molecular formula is C26H24N2. The van der Waals surface area contributed by atoms with Crippen LogP contribution in [0.4, 0.5) is 5.69 Å². The van der Waals surface area contributed by atoms with Crippen LogP contribution in [-0.4, -0.2) is 0 Å². The fourth-order valence-corrected chi connectivity index (χ4v) is 4.37. The van der Waals surface area contributed by atoms with Crippen LogP contribution in [0.3, 0.4) is 0 Å². The number of rotatable bonds is 3. The van der Waals surface area contributed by atoms with Crippen molar-refractivity contribution in [3.8, 4) is 0 Å². The van der Waals surface area contributed by atoms with Gasteiger partial charge in [-0.3, -0.25) is 10.4 Å². The van der Waals surface area contributed by atoms with E-state index in [2.05, 4.69) is 108 Å². The summed E-state index contributed by atoms with van der Waals surface area (Å²) in [6.45, 7) is 0. The van der Waals surface area contributed by atoms with E-state index in [0.29, 0.717) is 0 Å². The van der Waals surface area contributed by atoms with Gasteiger partial charge in [0, 0.05) is 0 Å². The van der Waals surface area contributed by atoms with Gasteiger partial charge >= 0.3 is 0 Å². The van der Waals surface area contributed by atoms with Crippen LogP contribution in [0.25, 0.3) is 6.08 Å². The van der Waals surface area contributed by atoms with Gasteiger partial charge in [0.25, 0.3) is 0 Å². The third kappa shape index (κ3) is 3.11. The molecule has 0 aromatic heterocycles. The molecule has 1 unspecified atom stereocenters. The Balaban J connectivity index is 1.60. The minimum Gasteiger partial charge on any atom is -0.297 e. The van der Waals surface area contributed by atoms with Crippen molar-refractivity contribution in [1.29, 1.82) is 0 Å². The lowest BCUT2D eigenvalue weighted by Crippen LogP contribution is -2.34. The first-order valence-corrected chi connectivity index (χ1v) is 10.0. The number of allylic oxidation sites excluding steroid dienone is 1. The van der Waals surface area contributed by atoms with Gasteiger partial charge < -0.3 is 0 Å². The molecule has 1 atom stereocenters. The second-order valence-electron chi connectivity index (χ2n) is 7.46. The molecule has 1 aliphatic carbocycles. The minimum atomic E-state index is 0.234. The smallest absolute Gasteiger partial charge is 0.0987 e. The number of para-hydroxylation sites is 1. The molecule has 0 radical (unpaired) electrons. The number of anilines is 1. The van der Waals surface area contributed by atoms with Crippen molar-refractivity contribution >= 4 is 11.8 Å². The standard InChI is InChI=1S/C26H24N2/c1-4-11-20(12-5-1)19-22-15-10-18-24-25(22)27-28(23-16-8-3-9-17-23)26(24)21-13-6-2-7-14-21/h1-9,11-14,16-17,19,26-27H,10,15,18H2. The van der Waals surface area contributed by atoms with Crippen LogP contribution in [0.1, 0.15) is 36.4 Å². The van der Waals surface area contributed by atoms with Gasteiger partial charge in [-0.25, -0.2) is 0 Å². The zero-order valence-electron chi connectivity index (χ0n) is 15.9. The molecule has 0 fully saturated rings. The highest BCUT2D eigenvalue weighted by Gasteiger charge is 2.36. The van der Waals surface area contributed by atoms with E-state index in [-0.39, 0.29) is 6.04 Å². The Bertz CT molecular complexity index is 1000. The van der Waals surface area contributed by atoms with E-state index in [4.69, 9.17) is 0 Å². The van der Waals surface area contributed by atoms with Crippen molar-refractivity contribution in [3.05, 3.63) is 119 Å². The number of nitrogens with zero attached hydrogens (tertiary/aromatic N) is 1.